The van der Waals surface area contributed by atoms with E-state index >= 15 is 0 Å². The Balaban J connectivity index is 0.000000450. The first-order chi connectivity index (χ1) is 21.0. The maximum Gasteiger partial charge on any atom is 0.202 e. The van der Waals surface area contributed by atoms with Crippen LogP contribution in [0.1, 0.15) is 17.3 Å². The lowest BCUT2D eigenvalue weighted by atomic mass is 10.2. The fraction of sp³-hybridized carbons (Fsp3) is 0.0556. The van der Waals surface area contributed by atoms with Crippen molar-refractivity contribution >= 4 is 38.7 Å². The van der Waals surface area contributed by atoms with Gasteiger partial charge in [-0.05, 0) is 130 Å². The number of nitrogens with two attached hydrogens (primary N) is 1. The van der Waals surface area contributed by atoms with Crippen LogP contribution in [-0.4, -0.2) is 18.4 Å². The minimum absolute atomic E-state index is 0.424. The van der Waals surface area contributed by atoms with E-state index in [1.807, 2.05) is 0 Å². The number of rotatable bonds is 4. The first-order valence-corrected chi connectivity index (χ1v) is 12.8. The molecule has 0 atom stereocenters. The van der Waals surface area contributed by atoms with Crippen molar-refractivity contribution in [2.75, 3.05) is 12.8 Å². The monoisotopic (exact) mass is 632 g/mol. The summed E-state index contributed by atoms with van der Waals surface area (Å²) in [6.45, 7) is 1.69. The molecular weight excluding hydrogens is 620 g/mol. The van der Waals surface area contributed by atoms with Crippen LogP contribution in [-0.2, 0) is 0 Å². The molecule has 0 aliphatic carbocycles. The molecular formula is C36H13BrN2O3S. The molecule has 198 valence electrons. The summed E-state index contributed by atoms with van der Waals surface area (Å²) in [7, 11) is 1.51. The Labute approximate surface area is 264 Å². The normalized spacial score (nSPS) is 6.47. The molecule has 0 unspecified atom stereocenters. The Morgan fingerprint density at radius 3 is 1.56 bits per heavy atom. The maximum absolute atomic E-state index is 10.8. The van der Waals surface area contributed by atoms with Gasteiger partial charge in [-0.25, -0.2) is 4.98 Å². The van der Waals surface area contributed by atoms with Crippen molar-refractivity contribution in [3.05, 3.63) is 28.4 Å². The van der Waals surface area contributed by atoms with Crippen LogP contribution in [0.25, 0.3) is 0 Å². The van der Waals surface area contributed by atoms with Gasteiger partial charge in [-0.2, -0.15) is 0 Å². The third-order valence-corrected chi connectivity index (χ3v) is 4.96. The smallest absolute Gasteiger partial charge is 0.202 e. The summed E-state index contributed by atoms with van der Waals surface area (Å²) >= 11 is 4.51. The predicted octanol–water partition coefficient (Wildman–Crippen LogP) is 3.78. The Bertz CT molecular complexity index is 2130. The van der Waals surface area contributed by atoms with E-state index in [0.717, 1.165) is 6.29 Å². The van der Waals surface area contributed by atoms with Gasteiger partial charge in [-0.3, -0.25) is 4.79 Å². The fourth-order valence-electron chi connectivity index (χ4n) is 2.00. The van der Waals surface area contributed by atoms with Crippen LogP contribution in [0.2, 0.25) is 0 Å². The van der Waals surface area contributed by atoms with Crippen LogP contribution in [0.15, 0.2) is 22.8 Å². The molecule has 1 heterocycles. The number of terminal acetylenes is 1. The molecule has 0 bridgehead atoms. The number of methoxy groups -OCH3 is 1. The maximum atomic E-state index is 10.8. The summed E-state index contributed by atoms with van der Waals surface area (Å²) in [6, 6.07) is 3.26. The molecule has 7 heteroatoms. The van der Waals surface area contributed by atoms with E-state index in [-0.39, 0.29) is 0 Å². The lowest BCUT2D eigenvalue weighted by Gasteiger charge is -2.10. The van der Waals surface area contributed by atoms with Gasteiger partial charge in [-0.15, -0.1) is 6.42 Å². The first kappa shape index (κ1) is 34.1. The second-order valence-corrected chi connectivity index (χ2v) is 8.16. The summed E-state index contributed by atoms with van der Waals surface area (Å²) in [5.74, 6) is 57.8. The van der Waals surface area contributed by atoms with E-state index in [9.17, 15) is 4.79 Å². The van der Waals surface area contributed by atoms with Crippen molar-refractivity contribution in [2.45, 2.75) is 6.92 Å². The number of anilines is 1. The molecule has 2 N–H and O–H groups in total. The van der Waals surface area contributed by atoms with Crippen LogP contribution in [0.4, 0.5) is 5.13 Å². The number of benzene rings is 1. The van der Waals surface area contributed by atoms with Crippen LogP contribution in [0.5, 0.6) is 16.6 Å². The van der Waals surface area contributed by atoms with Crippen LogP contribution >= 0.6 is 27.3 Å². The molecule has 0 amide bonds. The van der Waals surface area contributed by atoms with Gasteiger partial charge in [0.2, 0.25) is 5.06 Å². The largest absolute Gasteiger partial charge is 0.493 e. The van der Waals surface area contributed by atoms with E-state index < -0.39 is 0 Å². The van der Waals surface area contributed by atoms with Gasteiger partial charge in [0.05, 0.1) is 13.3 Å². The molecule has 2 aromatic rings. The van der Waals surface area contributed by atoms with E-state index in [2.05, 4.69) is 157 Å². The highest BCUT2D eigenvalue weighted by atomic mass is 79.9. The average Bonchev–Trinajstić information content (AvgIpc) is 3.42. The lowest BCUT2D eigenvalue weighted by molar-refractivity contribution is 0.112. The quantitative estimate of drug-likeness (QED) is 0.410. The molecule has 0 fully saturated rings. The van der Waals surface area contributed by atoms with Crippen LogP contribution < -0.4 is 15.2 Å². The highest BCUT2D eigenvalue weighted by molar-refractivity contribution is 9.10. The number of nitrogen functional groups attached to an aromatic ring is 1. The molecule has 0 saturated heterocycles. The number of carbonyl (C=O) groups is 1. The molecule has 2 rings (SSSR count). The molecule has 1 aromatic heterocycles. The highest BCUT2D eigenvalue weighted by Gasteiger charge is 2.12. The van der Waals surface area contributed by atoms with Gasteiger partial charge in [-0.1, -0.05) is 17.3 Å². The summed E-state index contributed by atoms with van der Waals surface area (Å²) < 4.78 is 11.4. The van der Waals surface area contributed by atoms with Crippen molar-refractivity contribution in [1.82, 2.24) is 4.98 Å². The number of ether oxygens (including phenoxy) is 2. The van der Waals surface area contributed by atoms with Gasteiger partial charge < -0.3 is 15.2 Å². The number of aromatic nitrogens is 1. The third-order valence-electron chi connectivity index (χ3n) is 3.57. The van der Waals surface area contributed by atoms with E-state index in [1.165, 1.54) is 24.6 Å². The minimum atomic E-state index is 0.424. The van der Waals surface area contributed by atoms with Gasteiger partial charge in [0, 0.05) is 45.6 Å². The van der Waals surface area contributed by atoms with Crippen molar-refractivity contribution < 1.29 is 14.3 Å². The van der Waals surface area contributed by atoms with Gasteiger partial charge in [0.1, 0.15) is 0 Å². The highest BCUT2D eigenvalue weighted by Crippen LogP contribution is 2.37. The number of carbonyl (C=O) groups excluding carboxylic acids is 1. The molecule has 43 heavy (non-hydrogen) atoms. The Morgan fingerprint density at radius 2 is 1.21 bits per heavy atom. The standard InChI is InChI=1S/C25H4.C11H9BrN2O3S/c1-3-5-7-9-11-13-15-17-19-21-23-25-24-22-20-18-16-14-12-10-8-6-4-2;1-16-8-2-6(5-15)7(12)3-9(8)17-10-4-14-11(13)18-10/h1H,2H3;2-5H,1H3,(H2,13,14). The molecule has 0 aliphatic rings. The summed E-state index contributed by atoms with van der Waals surface area (Å²) in [5.41, 5.74) is 6.01. The molecule has 0 aliphatic heterocycles. The van der Waals surface area contributed by atoms with E-state index in [1.54, 1.807) is 19.1 Å². The average molecular weight is 633 g/mol. The van der Waals surface area contributed by atoms with E-state index in [0.29, 0.717) is 31.7 Å². The molecule has 0 saturated carbocycles. The molecule has 1 aromatic carbocycles. The first-order valence-electron chi connectivity index (χ1n) is 11.1. The second kappa shape index (κ2) is 23.0. The summed E-state index contributed by atoms with van der Waals surface area (Å²) in [4.78, 5) is 14.7. The van der Waals surface area contributed by atoms with Gasteiger partial charge >= 0.3 is 0 Å². The molecule has 0 spiro atoms. The lowest BCUT2D eigenvalue weighted by Crippen LogP contribution is -1.92. The van der Waals surface area contributed by atoms with E-state index in [4.69, 9.17) is 21.6 Å². The second-order valence-electron chi connectivity index (χ2n) is 6.28. The van der Waals surface area contributed by atoms with Crippen molar-refractivity contribution in [3.8, 4) is 159 Å². The van der Waals surface area contributed by atoms with Crippen LogP contribution in [0, 0.1) is 143 Å². The molecule has 5 nitrogen and oxygen atoms in total. The number of hydrogen-bond acceptors (Lipinski definition) is 6. The summed E-state index contributed by atoms with van der Waals surface area (Å²) in [5, 5.41) is 0.976. The predicted molar refractivity (Wildman–Crippen MR) is 173 cm³/mol. The zero-order chi connectivity index (χ0) is 31.4. The Hall–Kier alpha value is -6.88. The SMILES string of the molecule is C#CC#CC#CC#CC#CC#CC#CC#CC#CC#CC#CC#CC.COc1cc(C=O)c(Br)cc1Oc1cnc(N)s1. The van der Waals surface area contributed by atoms with Gasteiger partial charge in [0.25, 0.3) is 0 Å². The van der Waals surface area contributed by atoms with Crippen molar-refractivity contribution in [1.29, 1.82) is 0 Å². The van der Waals surface area contributed by atoms with Crippen molar-refractivity contribution in [3.63, 3.8) is 0 Å². The number of aldehydes is 1. The topological polar surface area (TPSA) is 74.4 Å². The number of hydrogen-bond donors (Lipinski definition) is 1. The fourth-order valence-corrected chi connectivity index (χ4v) is 2.96. The number of thiazole rings is 1. The zero-order valence-electron chi connectivity index (χ0n) is 22.4. The Morgan fingerprint density at radius 1 is 0.767 bits per heavy atom. The zero-order valence-corrected chi connectivity index (χ0v) is 24.8. The Kier molecular flexibility index (Phi) is 18.3. The minimum Gasteiger partial charge on any atom is -0.493 e. The number of nitrogens with zero attached hydrogens (tertiary/aromatic N) is 1. The van der Waals surface area contributed by atoms with Crippen LogP contribution in [0.3, 0.4) is 0 Å². The van der Waals surface area contributed by atoms with Gasteiger partial charge in [0.15, 0.2) is 22.9 Å². The third kappa shape index (κ3) is 16.6. The number of halogens is 1. The molecule has 0 radical (unpaired) electrons. The van der Waals surface area contributed by atoms with Crippen molar-refractivity contribution in [2.24, 2.45) is 0 Å². The summed E-state index contributed by atoms with van der Waals surface area (Å²) in [6.07, 6.45) is 7.18.